The van der Waals surface area contributed by atoms with Crippen LogP contribution in [-0.2, 0) is 0 Å². The normalized spacial score (nSPS) is 10.6. The third kappa shape index (κ3) is 2.83. The molecule has 0 radical (unpaired) electrons. The highest BCUT2D eigenvalue weighted by molar-refractivity contribution is 6.44. The summed E-state index contributed by atoms with van der Waals surface area (Å²) < 4.78 is 0. The summed E-state index contributed by atoms with van der Waals surface area (Å²) in [5, 5.41) is 1.20. The molecule has 2 rings (SSSR count). The van der Waals surface area contributed by atoms with E-state index in [4.69, 9.17) is 58.0 Å². The molecule has 1 aromatic carbocycles. The molecule has 98 valence electrons. The summed E-state index contributed by atoms with van der Waals surface area (Å²) in [5.41, 5.74) is 0.813. The highest BCUT2D eigenvalue weighted by Gasteiger charge is 2.18. The van der Waals surface area contributed by atoms with E-state index in [2.05, 4.69) is 4.98 Å². The fraction of sp³-hybridized carbons (Fsp3) is 0. The van der Waals surface area contributed by atoms with Gasteiger partial charge in [0.2, 0.25) is 0 Å². The lowest BCUT2D eigenvalue weighted by Crippen LogP contribution is -1.94. The topological polar surface area (TPSA) is 30.0 Å². The van der Waals surface area contributed by atoms with Crippen LogP contribution in [0.2, 0.25) is 25.1 Å². The summed E-state index contributed by atoms with van der Waals surface area (Å²) >= 11 is 29.9. The summed E-state index contributed by atoms with van der Waals surface area (Å²) in [6.07, 6.45) is 1.86. The number of carbonyl (C=O) groups excluding carboxylic acids is 1. The van der Waals surface area contributed by atoms with Crippen LogP contribution in [0.5, 0.6) is 0 Å². The lowest BCUT2D eigenvalue weighted by molar-refractivity contribution is 0.112. The van der Waals surface area contributed by atoms with E-state index in [1.165, 1.54) is 18.3 Å². The van der Waals surface area contributed by atoms with Crippen LogP contribution < -0.4 is 0 Å². The monoisotopic (exact) mass is 353 g/mol. The lowest BCUT2D eigenvalue weighted by Gasteiger charge is -2.10. The molecule has 0 atom stereocenters. The molecule has 0 saturated carbocycles. The lowest BCUT2D eigenvalue weighted by atomic mass is 10.1. The maximum atomic E-state index is 11.0. The van der Waals surface area contributed by atoms with Crippen molar-refractivity contribution in [2.45, 2.75) is 0 Å². The van der Waals surface area contributed by atoms with Crippen LogP contribution in [0.15, 0.2) is 18.3 Å². The summed E-state index contributed by atoms with van der Waals surface area (Å²) in [4.78, 5) is 15.0. The first-order chi connectivity index (χ1) is 8.95. The van der Waals surface area contributed by atoms with Crippen molar-refractivity contribution in [2.75, 3.05) is 0 Å². The molecule has 0 spiro atoms. The van der Waals surface area contributed by atoms with Crippen molar-refractivity contribution in [1.82, 2.24) is 4.98 Å². The quantitative estimate of drug-likeness (QED) is 0.635. The first kappa shape index (κ1) is 14.9. The number of aldehydes is 1. The molecule has 0 amide bonds. The molecule has 7 heteroatoms. The Kier molecular flexibility index (Phi) is 4.59. The van der Waals surface area contributed by atoms with Gasteiger partial charge in [-0.05, 0) is 12.1 Å². The molecule has 0 bridgehead atoms. The maximum absolute atomic E-state index is 11.0. The van der Waals surface area contributed by atoms with E-state index in [1.807, 2.05) is 0 Å². The highest BCUT2D eigenvalue weighted by Crippen LogP contribution is 2.40. The van der Waals surface area contributed by atoms with Gasteiger partial charge in [-0.3, -0.25) is 9.78 Å². The fourth-order valence-corrected chi connectivity index (χ4v) is 3.05. The van der Waals surface area contributed by atoms with Gasteiger partial charge < -0.3 is 0 Å². The Hall–Kier alpha value is -0.510. The van der Waals surface area contributed by atoms with E-state index in [0.29, 0.717) is 16.9 Å². The molecule has 0 fully saturated rings. The Morgan fingerprint density at radius 1 is 0.947 bits per heavy atom. The maximum Gasteiger partial charge on any atom is 0.153 e. The molecule has 19 heavy (non-hydrogen) atoms. The zero-order chi connectivity index (χ0) is 14.2. The minimum absolute atomic E-state index is 0.0913. The van der Waals surface area contributed by atoms with Gasteiger partial charge in [0.1, 0.15) is 0 Å². The minimum atomic E-state index is 0.0913. The number of nitrogens with zero attached hydrogens (tertiary/aromatic N) is 1. The van der Waals surface area contributed by atoms with E-state index < -0.39 is 0 Å². The second kappa shape index (κ2) is 5.86. The smallest absolute Gasteiger partial charge is 0.153 e. The summed E-state index contributed by atoms with van der Waals surface area (Å²) in [7, 11) is 0. The first-order valence-corrected chi connectivity index (χ1v) is 6.78. The second-order valence-electron chi connectivity index (χ2n) is 3.54. The van der Waals surface area contributed by atoms with Gasteiger partial charge in [-0.1, -0.05) is 58.0 Å². The highest BCUT2D eigenvalue weighted by atomic mass is 35.5. The van der Waals surface area contributed by atoms with Crippen LogP contribution in [-0.4, -0.2) is 11.3 Å². The number of rotatable bonds is 2. The minimum Gasteiger partial charge on any atom is -0.298 e. The van der Waals surface area contributed by atoms with Gasteiger partial charge in [0.25, 0.3) is 0 Å². The Bertz CT molecular complexity index is 648. The van der Waals surface area contributed by atoms with E-state index >= 15 is 0 Å². The standard InChI is InChI=1S/C12H4Cl5NO/c13-5-1-7(14)10(8(15)2-5)12-11(17)6(4-19)9(16)3-18-12/h1-4H. The van der Waals surface area contributed by atoms with Crippen molar-refractivity contribution in [3.05, 3.63) is 49.0 Å². The summed E-state index contributed by atoms with van der Waals surface area (Å²) in [6.45, 7) is 0. The zero-order valence-electron chi connectivity index (χ0n) is 9.05. The van der Waals surface area contributed by atoms with E-state index in [1.54, 1.807) is 0 Å². The van der Waals surface area contributed by atoms with Crippen LogP contribution in [0.4, 0.5) is 0 Å². The molecule has 1 heterocycles. The largest absolute Gasteiger partial charge is 0.298 e. The predicted octanol–water partition coefficient (Wildman–Crippen LogP) is 5.83. The average Bonchev–Trinajstić information content (AvgIpc) is 2.31. The molecule has 1 aromatic heterocycles. The number of benzene rings is 1. The van der Waals surface area contributed by atoms with Crippen molar-refractivity contribution in [3.8, 4) is 11.3 Å². The Balaban J connectivity index is 2.77. The molecule has 0 aliphatic heterocycles. The number of hydrogen-bond donors (Lipinski definition) is 0. The van der Waals surface area contributed by atoms with Crippen LogP contribution in [0.25, 0.3) is 11.3 Å². The second-order valence-corrected chi connectivity index (χ2v) is 5.58. The SMILES string of the molecule is O=Cc1c(Cl)cnc(-c2c(Cl)cc(Cl)cc2Cl)c1Cl. The first-order valence-electron chi connectivity index (χ1n) is 4.89. The fourth-order valence-electron chi connectivity index (χ4n) is 1.53. The number of pyridine rings is 1. The average molecular weight is 355 g/mol. The van der Waals surface area contributed by atoms with Crippen LogP contribution in [0.3, 0.4) is 0 Å². The Morgan fingerprint density at radius 3 is 2.05 bits per heavy atom. The van der Waals surface area contributed by atoms with Gasteiger partial charge in [0.05, 0.1) is 31.3 Å². The van der Waals surface area contributed by atoms with E-state index in [-0.39, 0.29) is 31.3 Å². The summed E-state index contributed by atoms with van der Waals surface area (Å²) in [5.74, 6) is 0. The number of halogens is 5. The Morgan fingerprint density at radius 2 is 1.53 bits per heavy atom. The number of carbonyl (C=O) groups is 1. The van der Waals surface area contributed by atoms with Crippen molar-refractivity contribution < 1.29 is 4.79 Å². The molecule has 0 saturated heterocycles. The van der Waals surface area contributed by atoms with Crippen LogP contribution in [0.1, 0.15) is 10.4 Å². The molecular formula is C12H4Cl5NO. The van der Waals surface area contributed by atoms with Crippen LogP contribution in [0, 0.1) is 0 Å². The van der Waals surface area contributed by atoms with Gasteiger partial charge >= 0.3 is 0 Å². The molecule has 0 aliphatic carbocycles. The summed E-state index contributed by atoms with van der Waals surface area (Å²) in [6, 6.07) is 3.02. The van der Waals surface area contributed by atoms with Crippen LogP contribution >= 0.6 is 58.0 Å². The van der Waals surface area contributed by atoms with Crippen molar-refractivity contribution >= 4 is 64.3 Å². The van der Waals surface area contributed by atoms with E-state index in [0.717, 1.165) is 0 Å². The van der Waals surface area contributed by atoms with Gasteiger partial charge in [-0.25, -0.2) is 0 Å². The van der Waals surface area contributed by atoms with Crippen molar-refractivity contribution in [2.24, 2.45) is 0 Å². The molecule has 0 N–H and O–H groups in total. The Labute approximate surface area is 134 Å². The van der Waals surface area contributed by atoms with E-state index in [9.17, 15) is 4.79 Å². The number of aromatic nitrogens is 1. The molecule has 0 unspecified atom stereocenters. The zero-order valence-corrected chi connectivity index (χ0v) is 12.8. The molecule has 0 aliphatic rings. The molecular weight excluding hydrogens is 351 g/mol. The van der Waals surface area contributed by atoms with Gasteiger partial charge in [-0.2, -0.15) is 0 Å². The van der Waals surface area contributed by atoms with Gasteiger partial charge in [0.15, 0.2) is 6.29 Å². The third-order valence-corrected chi connectivity index (χ3v) is 3.87. The van der Waals surface area contributed by atoms with Gasteiger partial charge in [-0.15, -0.1) is 0 Å². The van der Waals surface area contributed by atoms with Crippen molar-refractivity contribution in [1.29, 1.82) is 0 Å². The van der Waals surface area contributed by atoms with Crippen molar-refractivity contribution in [3.63, 3.8) is 0 Å². The number of hydrogen-bond acceptors (Lipinski definition) is 2. The van der Waals surface area contributed by atoms with Gasteiger partial charge in [0, 0.05) is 16.8 Å². The molecule has 2 aromatic rings. The third-order valence-electron chi connectivity index (χ3n) is 2.37. The predicted molar refractivity (Wildman–Crippen MR) is 80.1 cm³/mol. The molecule has 2 nitrogen and oxygen atoms in total.